The summed E-state index contributed by atoms with van der Waals surface area (Å²) in [4.78, 5) is 1.48. The molecule has 1 aliphatic carbocycles. The molecule has 0 amide bonds. The average molecular weight is 258 g/mol. The Morgan fingerprint density at radius 1 is 1.50 bits per heavy atom. The SMILES string of the molecule is CC(NC1CCc2sc(Cl)cc21)C(C)(C)C. The van der Waals surface area contributed by atoms with Crippen LogP contribution in [0.5, 0.6) is 0 Å². The summed E-state index contributed by atoms with van der Waals surface area (Å²) in [6.07, 6.45) is 2.40. The number of hydrogen-bond donors (Lipinski definition) is 1. The van der Waals surface area contributed by atoms with E-state index in [1.165, 1.54) is 23.3 Å². The number of thiophene rings is 1. The van der Waals surface area contributed by atoms with Crippen molar-refractivity contribution in [1.82, 2.24) is 5.32 Å². The van der Waals surface area contributed by atoms with Gasteiger partial charge in [0.15, 0.2) is 0 Å². The molecule has 1 nitrogen and oxygen atoms in total. The van der Waals surface area contributed by atoms with Crippen molar-refractivity contribution in [2.75, 3.05) is 0 Å². The van der Waals surface area contributed by atoms with Gasteiger partial charge in [0.2, 0.25) is 0 Å². The van der Waals surface area contributed by atoms with Gasteiger partial charge < -0.3 is 5.32 Å². The zero-order valence-electron chi connectivity index (χ0n) is 10.4. The Balaban J connectivity index is 2.08. The highest BCUT2D eigenvalue weighted by atomic mass is 35.5. The van der Waals surface area contributed by atoms with Crippen molar-refractivity contribution in [3.63, 3.8) is 0 Å². The van der Waals surface area contributed by atoms with Crippen molar-refractivity contribution >= 4 is 22.9 Å². The van der Waals surface area contributed by atoms with E-state index in [0.717, 1.165) is 4.34 Å². The molecule has 2 atom stereocenters. The van der Waals surface area contributed by atoms with E-state index < -0.39 is 0 Å². The molecule has 3 heteroatoms. The molecule has 0 saturated carbocycles. The molecular weight excluding hydrogens is 238 g/mol. The normalized spacial score (nSPS) is 22.2. The van der Waals surface area contributed by atoms with Gasteiger partial charge in [-0.15, -0.1) is 11.3 Å². The van der Waals surface area contributed by atoms with E-state index in [0.29, 0.717) is 17.5 Å². The van der Waals surface area contributed by atoms with Crippen molar-refractivity contribution in [1.29, 1.82) is 0 Å². The maximum atomic E-state index is 6.06. The first-order chi connectivity index (χ1) is 7.38. The van der Waals surface area contributed by atoms with E-state index >= 15 is 0 Å². The first kappa shape index (κ1) is 12.4. The Labute approximate surface area is 107 Å². The molecule has 0 saturated heterocycles. The molecule has 0 spiro atoms. The van der Waals surface area contributed by atoms with Crippen molar-refractivity contribution < 1.29 is 0 Å². The summed E-state index contributed by atoms with van der Waals surface area (Å²) in [5.41, 5.74) is 1.74. The molecular formula is C13H20ClNS. The summed E-state index contributed by atoms with van der Waals surface area (Å²) in [7, 11) is 0. The second-order valence-corrected chi connectivity index (χ2v) is 7.54. The van der Waals surface area contributed by atoms with E-state index in [9.17, 15) is 0 Å². The molecule has 2 rings (SSSR count). The lowest BCUT2D eigenvalue weighted by Crippen LogP contribution is -2.39. The second kappa shape index (κ2) is 4.32. The number of hydrogen-bond acceptors (Lipinski definition) is 2. The number of aryl methyl sites for hydroxylation is 1. The topological polar surface area (TPSA) is 12.0 Å². The van der Waals surface area contributed by atoms with E-state index in [1.54, 1.807) is 11.3 Å². The van der Waals surface area contributed by atoms with Crippen LogP contribution in [-0.2, 0) is 6.42 Å². The van der Waals surface area contributed by atoms with Crippen LogP contribution in [0.25, 0.3) is 0 Å². The monoisotopic (exact) mass is 257 g/mol. The summed E-state index contributed by atoms with van der Waals surface area (Å²) >= 11 is 7.80. The molecule has 1 aliphatic rings. The Kier molecular flexibility index (Phi) is 3.35. The summed E-state index contributed by atoms with van der Waals surface area (Å²) < 4.78 is 0.930. The van der Waals surface area contributed by atoms with Crippen molar-refractivity contribution in [2.45, 2.75) is 52.6 Å². The van der Waals surface area contributed by atoms with Crippen LogP contribution in [0.1, 0.15) is 50.6 Å². The van der Waals surface area contributed by atoms with Gasteiger partial charge >= 0.3 is 0 Å². The molecule has 0 radical (unpaired) electrons. The lowest BCUT2D eigenvalue weighted by molar-refractivity contribution is 0.262. The number of rotatable bonds is 2. The molecule has 0 bridgehead atoms. The van der Waals surface area contributed by atoms with Gasteiger partial charge in [0.25, 0.3) is 0 Å². The minimum atomic E-state index is 0.308. The van der Waals surface area contributed by atoms with E-state index in [1.807, 2.05) is 0 Å². The first-order valence-electron chi connectivity index (χ1n) is 5.92. The van der Waals surface area contributed by atoms with Gasteiger partial charge in [-0.2, -0.15) is 0 Å². The molecule has 1 aromatic rings. The summed E-state index contributed by atoms with van der Waals surface area (Å²) in [6.45, 7) is 9.11. The van der Waals surface area contributed by atoms with Crippen molar-refractivity contribution in [2.24, 2.45) is 5.41 Å². The third-order valence-corrected chi connectivity index (χ3v) is 4.94. The fraction of sp³-hybridized carbons (Fsp3) is 0.692. The number of fused-ring (bicyclic) bond motifs is 1. The van der Waals surface area contributed by atoms with Crippen LogP contribution >= 0.6 is 22.9 Å². The molecule has 1 heterocycles. The zero-order chi connectivity index (χ0) is 11.9. The Hall–Kier alpha value is -0.0500. The summed E-state index contributed by atoms with van der Waals surface area (Å²) in [5.74, 6) is 0. The van der Waals surface area contributed by atoms with Crippen LogP contribution in [0, 0.1) is 5.41 Å². The Bertz CT molecular complexity index is 378. The van der Waals surface area contributed by atoms with Crippen LogP contribution in [0.4, 0.5) is 0 Å². The molecule has 0 aromatic carbocycles. The van der Waals surface area contributed by atoms with Gasteiger partial charge in [-0.25, -0.2) is 0 Å². The maximum Gasteiger partial charge on any atom is 0.0934 e. The number of nitrogens with one attached hydrogen (secondary N) is 1. The molecule has 0 aliphatic heterocycles. The Morgan fingerprint density at radius 2 is 2.19 bits per heavy atom. The van der Waals surface area contributed by atoms with Crippen LogP contribution in [-0.4, -0.2) is 6.04 Å². The van der Waals surface area contributed by atoms with Gasteiger partial charge in [-0.1, -0.05) is 32.4 Å². The molecule has 1 aromatic heterocycles. The molecule has 90 valence electrons. The molecule has 2 unspecified atom stereocenters. The largest absolute Gasteiger partial charge is 0.307 e. The highest BCUT2D eigenvalue weighted by Gasteiger charge is 2.29. The molecule has 16 heavy (non-hydrogen) atoms. The number of halogens is 1. The predicted octanol–water partition coefficient (Wildman–Crippen LogP) is 4.41. The van der Waals surface area contributed by atoms with Gasteiger partial charge in [-0.05, 0) is 36.8 Å². The molecule has 0 fully saturated rings. The van der Waals surface area contributed by atoms with Crippen molar-refractivity contribution in [3.05, 3.63) is 20.8 Å². The van der Waals surface area contributed by atoms with Gasteiger partial charge in [-0.3, -0.25) is 0 Å². The van der Waals surface area contributed by atoms with Gasteiger partial charge in [0.05, 0.1) is 4.34 Å². The lowest BCUT2D eigenvalue weighted by Gasteiger charge is -2.31. The quantitative estimate of drug-likeness (QED) is 0.827. The van der Waals surface area contributed by atoms with Crippen LogP contribution in [0.15, 0.2) is 6.07 Å². The van der Waals surface area contributed by atoms with Crippen LogP contribution in [0.3, 0.4) is 0 Å². The third kappa shape index (κ3) is 2.44. The van der Waals surface area contributed by atoms with Crippen molar-refractivity contribution in [3.8, 4) is 0 Å². The summed E-state index contributed by atoms with van der Waals surface area (Å²) in [5, 5.41) is 3.74. The highest BCUT2D eigenvalue weighted by molar-refractivity contribution is 7.16. The summed E-state index contributed by atoms with van der Waals surface area (Å²) in [6, 6.07) is 3.16. The standard InChI is InChI=1S/C13H20ClNS/c1-8(13(2,3)4)15-10-5-6-11-9(10)7-12(14)16-11/h7-8,10,15H,5-6H2,1-4H3. The van der Waals surface area contributed by atoms with E-state index in [2.05, 4.69) is 39.1 Å². The zero-order valence-corrected chi connectivity index (χ0v) is 12.0. The smallest absolute Gasteiger partial charge is 0.0934 e. The van der Waals surface area contributed by atoms with Crippen LogP contribution < -0.4 is 5.32 Å². The first-order valence-corrected chi connectivity index (χ1v) is 7.11. The minimum absolute atomic E-state index is 0.308. The molecule has 1 N–H and O–H groups in total. The van der Waals surface area contributed by atoms with E-state index in [4.69, 9.17) is 11.6 Å². The average Bonchev–Trinajstić information content (AvgIpc) is 2.65. The predicted molar refractivity (Wildman–Crippen MR) is 72.4 cm³/mol. The fourth-order valence-corrected chi connectivity index (χ4v) is 3.41. The maximum absolute atomic E-state index is 6.06. The van der Waals surface area contributed by atoms with E-state index in [-0.39, 0.29) is 0 Å². The minimum Gasteiger partial charge on any atom is -0.307 e. The lowest BCUT2D eigenvalue weighted by atomic mass is 9.87. The van der Waals surface area contributed by atoms with Gasteiger partial charge in [0.1, 0.15) is 0 Å². The van der Waals surface area contributed by atoms with Crippen LogP contribution in [0.2, 0.25) is 4.34 Å². The fourth-order valence-electron chi connectivity index (χ4n) is 2.05. The van der Waals surface area contributed by atoms with Gasteiger partial charge in [0, 0.05) is 17.0 Å². The Morgan fingerprint density at radius 3 is 2.81 bits per heavy atom. The third-order valence-electron chi connectivity index (χ3n) is 3.60. The highest BCUT2D eigenvalue weighted by Crippen LogP contribution is 2.40. The second-order valence-electron chi connectivity index (χ2n) is 5.77.